The van der Waals surface area contributed by atoms with Crippen LogP contribution in [0.3, 0.4) is 0 Å². The topological polar surface area (TPSA) is 76.7 Å². The first kappa shape index (κ1) is 18.1. The van der Waals surface area contributed by atoms with Gasteiger partial charge < -0.3 is 10.2 Å². The summed E-state index contributed by atoms with van der Waals surface area (Å²) in [6, 6.07) is 12.9. The SMILES string of the molecule is CC(=O)c1ccc(NCc2ccc(C[NH+]3CCCC3)cc2)c([N+](=O)[O-])c1. The quantitative estimate of drug-likeness (QED) is 0.455. The highest BCUT2D eigenvalue weighted by Crippen LogP contribution is 2.26. The van der Waals surface area contributed by atoms with Crippen molar-refractivity contribution in [3.63, 3.8) is 0 Å². The van der Waals surface area contributed by atoms with Crippen LogP contribution in [0.25, 0.3) is 0 Å². The van der Waals surface area contributed by atoms with Crippen LogP contribution >= 0.6 is 0 Å². The molecule has 6 heteroatoms. The minimum Gasteiger partial charge on any atom is -0.375 e. The second kappa shape index (κ2) is 8.10. The van der Waals surface area contributed by atoms with Crippen LogP contribution in [0.2, 0.25) is 0 Å². The summed E-state index contributed by atoms with van der Waals surface area (Å²) in [6.07, 6.45) is 2.64. The van der Waals surface area contributed by atoms with Crippen LogP contribution in [0.15, 0.2) is 42.5 Å². The number of hydrogen-bond acceptors (Lipinski definition) is 4. The predicted octanol–water partition coefficient (Wildman–Crippen LogP) is 2.59. The molecule has 0 aliphatic carbocycles. The van der Waals surface area contributed by atoms with Gasteiger partial charge in [0.2, 0.25) is 0 Å². The summed E-state index contributed by atoms with van der Waals surface area (Å²) < 4.78 is 0. The molecule has 1 fully saturated rings. The lowest BCUT2D eigenvalue weighted by molar-refractivity contribution is -0.901. The number of benzene rings is 2. The van der Waals surface area contributed by atoms with Gasteiger partial charge in [0.05, 0.1) is 18.0 Å². The summed E-state index contributed by atoms with van der Waals surface area (Å²) in [6.45, 7) is 5.47. The fraction of sp³-hybridized carbons (Fsp3) is 0.350. The molecule has 6 nitrogen and oxygen atoms in total. The van der Waals surface area contributed by atoms with Crippen molar-refractivity contribution in [2.45, 2.75) is 32.9 Å². The molecule has 1 aliphatic rings. The third-order valence-electron chi connectivity index (χ3n) is 4.87. The Morgan fingerprint density at radius 1 is 1.12 bits per heavy atom. The maximum atomic E-state index is 11.4. The van der Waals surface area contributed by atoms with E-state index in [0.717, 1.165) is 12.1 Å². The molecule has 1 heterocycles. The maximum absolute atomic E-state index is 11.4. The number of nitrogens with one attached hydrogen (secondary N) is 2. The molecule has 0 saturated carbocycles. The predicted molar refractivity (Wildman–Crippen MR) is 101 cm³/mol. The fourth-order valence-electron chi connectivity index (χ4n) is 3.36. The number of carbonyl (C=O) groups is 1. The van der Waals surface area contributed by atoms with Crippen LogP contribution in [0.5, 0.6) is 0 Å². The normalized spacial score (nSPS) is 14.3. The average Bonchev–Trinajstić information content (AvgIpc) is 3.14. The summed E-state index contributed by atoms with van der Waals surface area (Å²) in [4.78, 5) is 23.9. The van der Waals surface area contributed by atoms with Gasteiger partial charge in [-0.05, 0) is 24.6 Å². The Morgan fingerprint density at radius 2 is 1.77 bits per heavy atom. The van der Waals surface area contributed by atoms with Gasteiger partial charge in [-0.3, -0.25) is 14.9 Å². The standard InChI is InChI=1S/C20H23N3O3/c1-15(24)18-8-9-19(20(12-18)23(25)26)21-13-16-4-6-17(7-5-16)14-22-10-2-3-11-22/h4-9,12,21H,2-3,10-11,13-14H2,1H3/p+1. The number of Topliss-reactive ketones (excluding diaryl/α,β-unsaturated/α-hetero) is 1. The second-order valence-electron chi connectivity index (χ2n) is 6.85. The van der Waals surface area contributed by atoms with Gasteiger partial charge in [-0.25, -0.2) is 0 Å². The molecule has 0 amide bonds. The second-order valence-corrected chi connectivity index (χ2v) is 6.85. The van der Waals surface area contributed by atoms with Gasteiger partial charge >= 0.3 is 0 Å². The van der Waals surface area contributed by atoms with E-state index in [1.165, 1.54) is 44.5 Å². The highest BCUT2D eigenvalue weighted by Gasteiger charge is 2.17. The number of nitro benzene ring substituents is 1. The number of nitro groups is 1. The van der Waals surface area contributed by atoms with E-state index >= 15 is 0 Å². The van der Waals surface area contributed by atoms with Crippen molar-refractivity contribution in [3.05, 3.63) is 69.3 Å². The van der Waals surface area contributed by atoms with Gasteiger partial charge in [0.15, 0.2) is 5.78 Å². The fourth-order valence-corrected chi connectivity index (χ4v) is 3.36. The summed E-state index contributed by atoms with van der Waals surface area (Å²) in [5.74, 6) is -0.185. The van der Waals surface area contributed by atoms with Crippen LogP contribution in [0.4, 0.5) is 11.4 Å². The molecule has 1 aliphatic heterocycles. The van der Waals surface area contributed by atoms with Gasteiger partial charge in [0.1, 0.15) is 12.2 Å². The van der Waals surface area contributed by atoms with E-state index in [2.05, 4.69) is 29.6 Å². The molecule has 0 aromatic heterocycles. The Hall–Kier alpha value is -2.73. The first-order valence-electron chi connectivity index (χ1n) is 8.97. The zero-order valence-electron chi connectivity index (χ0n) is 15.0. The lowest BCUT2D eigenvalue weighted by Gasteiger charge is -2.12. The third-order valence-corrected chi connectivity index (χ3v) is 4.87. The molecule has 1 saturated heterocycles. The van der Waals surface area contributed by atoms with Gasteiger partial charge in [0.25, 0.3) is 5.69 Å². The number of anilines is 1. The number of nitrogens with zero attached hydrogens (tertiary/aromatic N) is 1. The molecule has 3 rings (SSSR count). The van der Waals surface area contributed by atoms with Gasteiger partial charge in [-0.1, -0.05) is 24.3 Å². The van der Waals surface area contributed by atoms with E-state index < -0.39 is 4.92 Å². The molecule has 0 radical (unpaired) electrons. The zero-order chi connectivity index (χ0) is 18.5. The molecule has 136 valence electrons. The van der Waals surface area contributed by atoms with Gasteiger partial charge in [0, 0.05) is 36.6 Å². The number of likely N-dealkylation sites (tertiary alicyclic amines) is 1. The van der Waals surface area contributed by atoms with Crippen molar-refractivity contribution >= 4 is 17.2 Å². The average molecular weight is 354 g/mol. The molecule has 2 aromatic carbocycles. The van der Waals surface area contributed by atoms with Crippen molar-refractivity contribution in [2.75, 3.05) is 18.4 Å². The largest absolute Gasteiger partial charge is 0.375 e. The summed E-state index contributed by atoms with van der Waals surface area (Å²) in [5, 5.41) is 14.4. The molecule has 26 heavy (non-hydrogen) atoms. The Bertz CT molecular complexity index is 796. The van der Waals surface area contributed by atoms with Crippen molar-refractivity contribution in [3.8, 4) is 0 Å². The van der Waals surface area contributed by atoms with Crippen LogP contribution in [0, 0.1) is 10.1 Å². The Kier molecular flexibility index (Phi) is 5.63. The monoisotopic (exact) mass is 354 g/mol. The van der Waals surface area contributed by atoms with E-state index in [1.54, 1.807) is 17.0 Å². The highest BCUT2D eigenvalue weighted by atomic mass is 16.6. The first-order valence-corrected chi connectivity index (χ1v) is 8.97. The maximum Gasteiger partial charge on any atom is 0.293 e. The lowest BCUT2D eigenvalue weighted by Crippen LogP contribution is -3.08. The zero-order valence-corrected chi connectivity index (χ0v) is 15.0. The molecule has 2 N–H and O–H groups in total. The minimum atomic E-state index is -0.462. The number of carbonyl (C=O) groups excluding carboxylic acids is 1. The first-order chi connectivity index (χ1) is 12.5. The van der Waals surface area contributed by atoms with E-state index in [1.807, 2.05) is 0 Å². The van der Waals surface area contributed by atoms with Crippen molar-refractivity contribution in [1.82, 2.24) is 0 Å². The molecule has 0 unspecified atom stereocenters. The minimum absolute atomic E-state index is 0.0769. The highest BCUT2D eigenvalue weighted by molar-refractivity contribution is 5.95. The molecular weight excluding hydrogens is 330 g/mol. The Balaban J connectivity index is 1.64. The summed E-state index contributed by atoms with van der Waals surface area (Å²) in [5.41, 5.74) is 3.08. The number of rotatable bonds is 7. The Morgan fingerprint density at radius 3 is 2.38 bits per heavy atom. The van der Waals surface area contributed by atoms with E-state index in [9.17, 15) is 14.9 Å². The molecule has 0 spiro atoms. The number of hydrogen-bond donors (Lipinski definition) is 2. The smallest absolute Gasteiger partial charge is 0.293 e. The molecule has 2 aromatic rings. The van der Waals surface area contributed by atoms with Crippen LogP contribution < -0.4 is 10.2 Å². The van der Waals surface area contributed by atoms with Crippen molar-refractivity contribution in [1.29, 1.82) is 0 Å². The summed E-state index contributed by atoms with van der Waals surface area (Å²) >= 11 is 0. The van der Waals surface area contributed by atoms with Crippen molar-refractivity contribution < 1.29 is 14.6 Å². The molecular formula is C20H24N3O3+. The lowest BCUT2D eigenvalue weighted by atomic mass is 10.1. The number of ketones is 1. The van der Waals surface area contributed by atoms with E-state index in [4.69, 9.17) is 0 Å². The van der Waals surface area contributed by atoms with Gasteiger partial charge in [-0.2, -0.15) is 0 Å². The Labute approximate surface area is 153 Å². The van der Waals surface area contributed by atoms with E-state index in [-0.39, 0.29) is 11.5 Å². The number of quaternary nitrogens is 1. The molecule has 0 bridgehead atoms. The van der Waals surface area contributed by atoms with Crippen molar-refractivity contribution in [2.24, 2.45) is 0 Å². The molecule has 0 atom stereocenters. The van der Waals surface area contributed by atoms with Gasteiger partial charge in [-0.15, -0.1) is 0 Å². The summed E-state index contributed by atoms with van der Waals surface area (Å²) in [7, 11) is 0. The van der Waals surface area contributed by atoms with E-state index in [0.29, 0.717) is 17.8 Å². The van der Waals surface area contributed by atoms with Crippen LogP contribution in [0.1, 0.15) is 41.3 Å². The third kappa shape index (κ3) is 4.46. The van der Waals surface area contributed by atoms with Crippen LogP contribution in [-0.2, 0) is 13.1 Å². The van der Waals surface area contributed by atoms with Crippen LogP contribution in [-0.4, -0.2) is 23.8 Å².